The Labute approximate surface area is 187 Å². The fourth-order valence-electron chi connectivity index (χ4n) is 3.07. The normalized spacial score (nSPS) is 11.7. The minimum Gasteiger partial charge on any atom is -0.481 e. The Morgan fingerprint density at radius 2 is 1.71 bits per heavy atom. The summed E-state index contributed by atoms with van der Waals surface area (Å²) < 4.78 is 10.5. The van der Waals surface area contributed by atoms with Crippen LogP contribution in [0.1, 0.15) is 5.56 Å². The first-order valence-corrected chi connectivity index (χ1v) is 10.4. The van der Waals surface area contributed by atoms with Crippen molar-refractivity contribution in [2.24, 2.45) is 0 Å². The maximum Gasteiger partial charge on any atom is 0.344 e. The van der Waals surface area contributed by atoms with E-state index in [9.17, 15) is 9.59 Å². The van der Waals surface area contributed by atoms with E-state index in [-0.39, 0.29) is 5.75 Å². The molecule has 0 fully saturated rings. The molecule has 1 amide bonds. The van der Waals surface area contributed by atoms with Crippen molar-refractivity contribution in [3.05, 3.63) is 77.3 Å². The number of amides is 1. The van der Waals surface area contributed by atoms with Gasteiger partial charge in [-0.3, -0.25) is 9.69 Å². The van der Waals surface area contributed by atoms with Crippen LogP contribution in [0.5, 0.6) is 5.75 Å². The largest absolute Gasteiger partial charge is 0.481 e. The molecule has 1 aliphatic heterocycles. The maximum absolute atomic E-state index is 13.0. The van der Waals surface area contributed by atoms with Gasteiger partial charge < -0.3 is 9.47 Å². The molecular formula is C23H15ClN2O4S. The van der Waals surface area contributed by atoms with Gasteiger partial charge in [0, 0.05) is 14.8 Å². The highest BCUT2D eigenvalue weighted by Crippen LogP contribution is 2.48. The van der Waals surface area contributed by atoms with Crippen molar-refractivity contribution < 1.29 is 19.1 Å². The zero-order valence-corrected chi connectivity index (χ0v) is 17.7. The summed E-state index contributed by atoms with van der Waals surface area (Å²) in [6, 6.07) is 21.3. The first-order chi connectivity index (χ1) is 15.1. The number of hydrogen-bond acceptors (Lipinski definition) is 6. The van der Waals surface area contributed by atoms with Crippen LogP contribution in [0.3, 0.4) is 0 Å². The monoisotopic (exact) mass is 450 g/mol. The molecule has 0 radical (unpaired) electrons. The maximum atomic E-state index is 13.0. The summed E-state index contributed by atoms with van der Waals surface area (Å²) in [7, 11) is 0. The molecule has 4 rings (SSSR count). The van der Waals surface area contributed by atoms with Crippen LogP contribution < -0.4 is 9.64 Å². The van der Waals surface area contributed by atoms with Crippen LogP contribution in [0.4, 0.5) is 11.4 Å². The van der Waals surface area contributed by atoms with E-state index in [2.05, 4.69) is 0 Å². The highest BCUT2D eigenvalue weighted by molar-refractivity contribution is 7.99. The van der Waals surface area contributed by atoms with E-state index in [0.717, 1.165) is 9.79 Å². The number of carbonyl (C=O) groups is 2. The van der Waals surface area contributed by atoms with Gasteiger partial charge in [-0.1, -0.05) is 47.6 Å². The summed E-state index contributed by atoms with van der Waals surface area (Å²) in [6.07, 6.45) is 0. The van der Waals surface area contributed by atoms with E-state index < -0.39 is 25.1 Å². The number of nitrogens with zero attached hydrogens (tertiary/aromatic N) is 2. The molecule has 0 spiro atoms. The highest BCUT2D eigenvalue weighted by atomic mass is 35.5. The SMILES string of the molecule is N#Cc1ccccc1OCC(=O)OCC(=O)N1c2ccccc2Sc2ccc(Cl)cc21. The minimum absolute atomic E-state index is 0.277. The van der Waals surface area contributed by atoms with Crippen molar-refractivity contribution in [2.75, 3.05) is 18.1 Å². The smallest absolute Gasteiger partial charge is 0.344 e. The van der Waals surface area contributed by atoms with Gasteiger partial charge in [-0.2, -0.15) is 5.26 Å². The van der Waals surface area contributed by atoms with E-state index in [4.69, 9.17) is 26.3 Å². The first-order valence-electron chi connectivity index (χ1n) is 9.24. The van der Waals surface area contributed by atoms with Gasteiger partial charge in [-0.25, -0.2) is 4.79 Å². The van der Waals surface area contributed by atoms with E-state index in [1.54, 1.807) is 36.4 Å². The van der Waals surface area contributed by atoms with Crippen molar-refractivity contribution in [3.8, 4) is 11.8 Å². The predicted octanol–water partition coefficient (Wildman–Crippen LogP) is 4.96. The van der Waals surface area contributed by atoms with Crippen molar-refractivity contribution in [1.82, 2.24) is 0 Å². The van der Waals surface area contributed by atoms with E-state index >= 15 is 0 Å². The van der Waals surface area contributed by atoms with Crippen LogP contribution in [0.15, 0.2) is 76.5 Å². The minimum atomic E-state index is -0.716. The van der Waals surface area contributed by atoms with Gasteiger partial charge in [0.05, 0.1) is 16.9 Å². The molecule has 0 bridgehead atoms. The molecule has 31 heavy (non-hydrogen) atoms. The van der Waals surface area contributed by atoms with E-state index in [1.807, 2.05) is 36.4 Å². The molecule has 0 saturated heterocycles. The molecule has 3 aromatic rings. The number of carbonyl (C=O) groups excluding carboxylic acids is 2. The Kier molecular flexibility index (Phi) is 6.12. The molecule has 0 aromatic heterocycles. The number of nitriles is 1. The zero-order valence-electron chi connectivity index (χ0n) is 16.1. The molecule has 8 heteroatoms. The molecule has 0 aliphatic carbocycles. The Bertz CT molecular complexity index is 1210. The molecule has 3 aromatic carbocycles. The number of hydrogen-bond donors (Lipinski definition) is 0. The van der Waals surface area contributed by atoms with Crippen LogP contribution in [0.2, 0.25) is 5.02 Å². The van der Waals surface area contributed by atoms with Crippen LogP contribution in [-0.2, 0) is 14.3 Å². The lowest BCUT2D eigenvalue weighted by Crippen LogP contribution is -2.33. The van der Waals surface area contributed by atoms with Gasteiger partial charge in [-0.15, -0.1) is 0 Å². The van der Waals surface area contributed by atoms with E-state index in [1.165, 1.54) is 16.7 Å². The second kappa shape index (κ2) is 9.13. The number of anilines is 2. The van der Waals surface area contributed by atoms with Crippen LogP contribution in [0.25, 0.3) is 0 Å². The first kappa shape index (κ1) is 20.8. The number of halogens is 1. The number of fused-ring (bicyclic) bond motifs is 2. The number of benzene rings is 3. The lowest BCUT2D eigenvalue weighted by molar-refractivity contribution is -0.149. The Hall–Kier alpha value is -3.47. The van der Waals surface area contributed by atoms with Crippen LogP contribution in [-0.4, -0.2) is 25.1 Å². The molecule has 0 atom stereocenters. The summed E-state index contributed by atoms with van der Waals surface area (Å²) in [5.74, 6) is -0.854. The van der Waals surface area contributed by atoms with Crippen molar-refractivity contribution >= 4 is 46.6 Å². The third-order valence-corrected chi connectivity index (χ3v) is 5.81. The number of esters is 1. The summed E-state index contributed by atoms with van der Waals surface area (Å²) in [5.41, 5.74) is 1.64. The van der Waals surface area contributed by atoms with Gasteiger partial charge in [0.2, 0.25) is 0 Å². The fourth-order valence-corrected chi connectivity index (χ4v) is 4.27. The van der Waals surface area contributed by atoms with Crippen molar-refractivity contribution in [2.45, 2.75) is 9.79 Å². The lowest BCUT2D eigenvalue weighted by Gasteiger charge is -2.31. The molecule has 1 heterocycles. The third kappa shape index (κ3) is 4.50. The van der Waals surface area contributed by atoms with Crippen LogP contribution in [0, 0.1) is 11.3 Å². The second-order valence-electron chi connectivity index (χ2n) is 6.47. The van der Waals surface area contributed by atoms with Crippen molar-refractivity contribution in [1.29, 1.82) is 5.26 Å². The number of rotatable bonds is 5. The number of ether oxygens (including phenoxy) is 2. The van der Waals surface area contributed by atoms with E-state index in [0.29, 0.717) is 22.0 Å². The molecule has 0 saturated carbocycles. The second-order valence-corrected chi connectivity index (χ2v) is 7.99. The van der Waals surface area contributed by atoms with Gasteiger partial charge in [0.25, 0.3) is 5.91 Å². The standard InChI is InChI=1S/C23H15ClN2O4S/c24-16-9-10-21-18(11-16)26(17-6-2-4-8-20(17)31-21)22(27)13-30-23(28)14-29-19-7-3-1-5-15(19)12-25/h1-11H,13-14H2. The average molecular weight is 451 g/mol. The summed E-state index contributed by atoms with van der Waals surface area (Å²) in [5, 5.41) is 9.57. The Balaban J connectivity index is 1.46. The Morgan fingerprint density at radius 1 is 0.968 bits per heavy atom. The summed E-state index contributed by atoms with van der Waals surface area (Å²) in [4.78, 5) is 28.4. The zero-order chi connectivity index (χ0) is 21.8. The molecular weight excluding hydrogens is 436 g/mol. The molecule has 154 valence electrons. The summed E-state index contributed by atoms with van der Waals surface area (Å²) in [6.45, 7) is -0.881. The summed E-state index contributed by atoms with van der Waals surface area (Å²) >= 11 is 7.69. The Morgan fingerprint density at radius 3 is 2.55 bits per heavy atom. The quantitative estimate of drug-likeness (QED) is 0.511. The number of para-hydroxylation sites is 2. The molecule has 6 nitrogen and oxygen atoms in total. The molecule has 1 aliphatic rings. The van der Waals surface area contributed by atoms with Gasteiger partial charge in [0.15, 0.2) is 13.2 Å². The average Bonchev–Trinajstić information content (AvgIpc) is 2.79. The molecule has 0 N–H and O–H groups in total. The van der Waals surface area contributed by atoms with Crippen LogP contribution >= 0.6 is 23.4 Å². The predicted molar refractivity (Wildman–Crippen MR) is 117 cm³/mol. The van der Waals surface area contributed by atoms with Gasteiger partial charge in [0.1, 0.15) is 11.8 Å². The van der Waals surface area contributed by atoms with Crippen molar-refractivity contribution in [3.63, 3.8) is 0 Å². The van der Waals surface area contributed by atoms with Gasteiger partial charge in [-0.05, 0) is 42.5 Å². The highest BCUT2D eigenvalue weighted by Gasteiger charge is 2.29. The van der Waals surface area contributed by atoms with Gasteiger partial charge >= 0.3 is 5.97 Å². The third-order valence-electron chi connectivity index (χ3n) is 4.45. The fraction of sp³-hybridized carbons (Fsp3) is 0.0870. The molecule has 0 unspecified atom stereocenters. The topological polar surface area (TPSA) is 79.6 Å². The lowest BCUT2D eigenvalue weighted by atomic mass is 10.2.